The van der Waals surface area contributed by atoms with Crippen LogP contribution in [0.4, 0.5) is 5.69 Å². The average Bonchev–Trinajstić information content (AvgIpc) is 3.11. The molecule has 184 valence electrons. The van der Waals surface area contributed by atoms with Crippen LogP contribution in [0.5, 0.6) is 5.75 Å². The Balaban J connectivity index is 1.67. The van der Waals surface area contributed by atoms with Crippen LogP contribution in [0.15, 0.2) is 47.4 Å². The number of carboxylic acid groups (broad SMARTS) is 2. The van der Waals surface area contributed by atoms with E-state index in [9.17, 15) is 24.6 Å². The number of benzene rings is 2. The van der Waals surface area contributed by atoms with Crippen molar-refractivity contribution in [1.29, 1.82) is 0 Å². The molecule has 0 radical (unpaired) electrons. The number of carbonyl (C=O) groups is 3. The lowest BCUT2D eigenvalue weighted by Crippen LogP contribution is -2.28. The van der Waals surface area contributed by atoms with E-state index in [1.54, 1.807) is 6.08 Å². The summed E-state index contributed by atoms with van der Waals surface area (Å²) < 4.78 is 5.99. The number of anilines is 1. The van der Waals surface area contributed by atoms with E-state index >= 15 is 0 Å². The van der Waals surface area contributed by atoms with Crippen molar-refractivity contribution in [3.8, 4) is 5.75 Å². The molecule has 2 N–H and O–H groups in total. The fraction of sp³-hybridized carbons (Fsp3) is 0.308. The second kappa shape index (κ2) is 12.5. The minimum atomic E-state index is -1.30. The number of carboxylic acids is 2. The molecule has 1 aliphatic rings. The van der Waals surface area contributed by atoms with E-state index < -0.39 is 17.8 Å². The third-order valence-electron chi connectivity index (χ3n) is 5.41. The van der Waals surface area contributed by atoms with Crippen molar-refractivity contribution in [3.63, 3.8) is 0 Å². The molecule has 1 fully saturated rings. The number of unbranched alkanes of at least 4 members (excludes halogenated alkanes) is 5. The minimum absolute atomic E-state index is 0.103. The van der Waals surface area contributed by atoms with Crippen molar-refractivity contribution in [2.75, 3.05) is 11.5 Å². The largest absolute Gasteiger partial charge is 0.494 e. The van der Waals surface area contributed by atoms with E-state index in [1.807, 2.05) is 24.3 Å². The van der Waals surface area contributed by atoms with Crippen LogP contribution < -0.4 is 9.64 Å². The van der Waals surface area contributed by atoms with Crippen molar-refractivity contribution >= 4 is 57.9 Å². The quantitative estimate of drug-likeness (QED) is 0.196. The standard InChI is InChI=1S/C26H27NO6S2/c1-2-3-4-5-6-7-12-33-21-10-8-17(9-11-21)13-22-23(28)27(26(34)35-22)20-15-18(24(29)30)14-19(16-20)25(31)32/h8-11,13-16H,2-7,12H2,1H3,(H,29,30)(H,31,32)/b22-13+. The summed E-state index contributed by atoms with van der Waals surface area (Å²) in [5.74, 6) is -2.28. The zero-order chi connectivity index (χ0) is 25.4. The monoisotopic (exact) mass is 513 g/mol. The summed E-state index contributed by atoms with van der Waals surface area (Å²) in [6.45, 7) is 2.86. The van der Waals surface area contributed by atoms with Crippen LogP contribution in [0.1, 0.15) is 71.7 Å². The van der Waals surface area contributed by atoms with E-state index in [1.165, 1.54) is 37.8 Å². The Kier molecular flexibility index (Phi) is 9.45. The molecule has 3 rings (SSSR count). The SMILES string of the molecule is CCCCCCCCOc1ccc(/C=C2/SC(=S)N(c3cc(C(=O)O)cc(C(=O)O)c3)C2=O)cc1. The Morgan fingerprint density at radius 1 is 0.971 bits per heavy atom. The highest BCUT2D eigenvalue weighted by Crippen LogP contribution is 2.37. The number of thioether (sulfide) groups is 1. The zero-order valence-corrected chi connectivity index (χ0v) is 21.0. The average molecular weight is 514 g/mol. The van der Waals surface area contributed by atoms with Crippen molar-refractivity contribution in [3.05, 3.63) is 64.1 Å². The number of ether oxygens (including phenoxy) is 1. The Bertz CT molecular complexity index is 1110. The van der Waals surface area contributed by atoms with Gasteiger partial charge in [0.1, 0.15) is 5.75 Å². The maximum atomic E-state index is 13.0. The van der Waals surface area contributed by atoms with Gasteiger partial charge in [-0.05, 0) is 48.4 Å². The van der Waals surface area contributed by atoms with Gasteiger partial charge in [0, 0.05) is 0 Å². The number of thiocarbonyl (C=S) groups is 1. The van der Waals surface area contributed by atoms with Gasteiger partial charge in [0.2, 0.25) is 0 Å². The molecule has 35 heavy (non-hydrogen) atoms. The molecule has 2 aromatic rings. The number of aromatic carboxylic acids is 2. The Hall–Kier alpha value is -3.17. The summed E-state index contributed by atoms with van der Waals surface area (Å²) in [7, 11) is 0. The number of hydrogen-bond donors (Lipinski definition) is 2. The number of carbonyl (C=O) groups excluding carboxylic acids is 1. The van der Waals surface area contributed by atoms with Crippen LogP contribution in [0.2, 0.25) is 0 Å². The molecule has 0 aromatic heterocycles. The van der Waals surface area contributed by atoms with Gasteiger partial charge >= 0.3 is 11.9 Å². The zero-order valence-electron chi connectivity index (χ0n) is 19.4. The van der Waals surface area contributed by atoms with E-state index in [2.05, 4.69) is 6.92 Å². The van der Waals surface area contributed by atoms with Gasteiger partial charge in [0.15, 0.2) is 4.32 Å². The highest BCUT2D eigenvalue weighted by Gasteiger charge is 2.34. The van der Waals surface area contributed by atoms with E-state index in [0.717, 1.165) is 46.9 Å². The molecular weight excluding hydrogens is 486 g/mol. The first-order chi connectivity index (χ1) is 16.8. The van der Waals surface area contributed by atoms with Crippen LogP contribution >= 0.6 is 24.0 Å². The third-order valence-corrected chi connectivity index (χ3v) is 6.71. The number of nitrogens with zero attached hydrogens (tertiary/aromatic N) is 1. The lowest BCUT2D eigenvalue weighted by Gasteiger charge is -2.16. The number of rotatable bonds is 12. The molecule has 0 aliphatic carbocycles. The summed E-state index contributed by atoms with van der Waals surface area (Å²) >= 11 is 6.41. The van der Waals surface area contributed by atoms with Crippen LogP contribution in [-0.2, 0) is 4.79 Å². The van der Waals surface area contributed by atoms with Gasteiger partial charge in [-0.25, -0.2) is 9.59 Å². The second-order valence-corrected chi connectivity index (χ2v) is 9.76. The Labute approximate surface area is 213 Å². The molecule has 0 saturated carbocycles. The second-order valence-electron chi connectivity index (χ2n) is 8.08. The smallest absolute Gasteiger partial charge is 0.335 e. The van der Waals surface area contributed by atoms with E-state index in [-0.39, 0.29) is 21.1 Å². The molecule has 1 heterocycles. The fourth-order valence-corrected chi connectivity index (χ4v) is 4.86. The van der Waals surface area contributed by atoms with Crippen molar-refractivity contribution in [2.45, 2.75) is 45.4 Å². The Morgan fingerprint density at radius 2 is 1.57 bits per heavy atom. The van der Waals surface area contributed by atoms with Gasteiger partial charge in [-0.3, -0.25) is 9.69 Å². The molecule has 0 bridgehead atoms. The topological polar surface area (TPSA) is 104 Å². The molecule has 1 amide bonds. The lowest BCUT2D eigenvalue weighted by molar-refractivity contribution is -0.113. The van der Waals surface area contributed by atoms with Gasteiger partial charge in [0.25, 0.3) is 5.91 Å². The maximum absolute atomic E-state index is 13.0. The van der Waals surface area contributed by atoms with Crippen LogP contribution in [0, 0.1) is 0 Å². The molecule has 0 unspecified atom stereocenters. The van der Waals surface area contributed by atoms with Gasteiger partial charge in [-0.1, -0.05) is 75.1 Å². The van der Waals surface area contributed by atoms with Crippen molar-refractivity contribution < 1.29 is 29.3 Å². The summed E-state index contributed by atoms with van der Waals surface area (Å²) in [6.07, 6.45) is 8.87. The highest BCUT2D eigenvalue weighted by molar-refractivity contribution is 8.27. The molecular formula is C26H27NO6S2. The summed E-state index contributed by atoms with van der Waals surface area (Å²) in [5.41, 5.74) is 0.401. The van der Waals surface area contributed by atoms with Crippen molar-refractivity contribution in [1.82, 2.24) is 0 Å². The highest BCUT2D eigenvalue weighted by atomic mass is 32.2. The lowest BCUT2D eigenvalue weighted by atomic mass is 10.1. The fourth-order valence-electron chi connectivity index (χ4n) is 3.56. The van der Waals surface area contributed by atoms with Gasteiger partial charge < -0.3 is 14.9 Å². The van der Waals surface area contributed by atoms with Gasteiger partial charge in [-0.2, -0.15) is 0 Å². The first-order valence-corrected chi connectivity index (χ1v) is 12.6. The number of hydrogen-bond acceptors (Lipinski definition) is 6. The molecule has 0 atom stereocenters. The Morgan fingerprint density at radius 3 is 2.17 bits per heavy atom. The minimum Gasteiger partial charge on any atom is -0.494 e. The number of amides is 1. The molecule has 0 spiro atoms. The summed E-state index contributed by atoms with van der Waals surface area (Å²) in [4.78, 5) is 37.4. The molecule has 9 heteroatoms. The van der Waals surface area contributed by atoms with Crippen molar-refractivity contribution in [2.24, 2.45) is 0 Å². The van der Waals surface area contributed by atoms with Gasteiger partial charge in [0.05, 0.1) is 28.3 Å². The van der Waals surface area contributed by atoms with Crippen LogP contribution in [0.25, 0.3) is 6.08 Å². The van der Waals surface area contributed by atoms with Crippen LogP contribution in [0.3, 0.4) is 0 Å². The first-order valence-electron chi connectivity index (χ1n) is 11.4. The molecule has 2 aromatic carbocycles. The predicted molar refractivity (Wildman–Crippen MR) is 141 cm³/mol. The maximum Gasteiger partial charge on any atom is 0.335 e. The summed E-state index contributed by atoms with van der Waals surface area (Å²) in [6, 6.07) is 10.9. The van der Waals surface area contributed by atoms with Gasteiger partial charge in [-0.15, -0.1) is 0 Å². The molecule has 1 aliphatic heterocycles. The summed E-state index contributed by atoms with van der Waals surface area (Å²) in [5, 5.41) is 18.6. The third kappa shape index (κ3) is 7.16. The normalized spacial score (nSPS) is 14.5. The van der Waals surface area contributed by atoms with Crippen LogP contribution in [-0.4, -0.2) is 39.0 Å². The van der Waals surface area contributed by atoms with E-state index in [4.69, 9.17) is 17.0 Å². The first kappa shape index (κ1) is 26.4. The van der Waals surface area contributed by atoms with E-state index in [0.29, 0.717) is 11.5 Å². The molecule has 1 saturated heterocycles. The molecule has 7 nitrogen and oxygen atoms in total. The predicted octanol–water partition coefficient (Wildman–Crippen LogP) is 6.23.